The van der Waals surface area contributed by atoms with E-state index in [-0.39, 0.29) is 0 Å². The highest BCUT2D eigenvalue weighted by molar-refractivity contribution is 8.04. The van der Waals surface area contributed by atoms with E-state index in [0.717, 1.165) is 7.51 Å². The molecule has 5 heavy (non-hydrogen) atoms. The second kappa shape index (κ2) is 4.79. The van der Waals surface area contributed by atoms with E-state index < -0.39 is 0 Å². The Kier molecular flexibility index (Phi) is 5.55. The van der Waals surface area contributed by atoms with Crippen LogP contribution in [-0.4, -0.2) is 0 Å². The lowest BCUT2D eigenvalue weighted by atomic mass is 13.9. The van der Waals surface area contributed by atoms with Gasteiger partial charge in [0.15, 0.2) is 12.1 Å². The zero-order chi connectivity index (χ0) is 4.12. The molecule has 0 spiro atoms. The molecule has 0 saturated carbocycles. The summed E-state index contributed by atoms with van der Waals surface area (Å²) in [4.78, 5) is 0. The van der Waals surface area contributed by atoms with Gasteiger partial charge < -0.3 is 0 Å². The van der Waals surface area contributed by atoms with Crippen LogP contribution >= 0.6 is 19.6 Å². The highest BCUT2D eigenvalue weighted by atomic mass is 32.4. The fraction of sp³-hybridized carbons (Fsp3) is 0. The highest BCUT2D eigenvalue weighted by Crippen LogP contribution is 1.83. The van der Waals surface area contributed by atoms with Gasteiger partial charge in [-0.25, -0.2) is 0 Å². The smallest absolute Gasteiger partial charge is 0.170 e. The first-order valence-corrected chi connectivity index (χ1v) is 3.79. The van der Waals surface area contributed by atoms with Crippen molar-refractivity contribution in [2.75, 3.05) is 0 Å². The van der Waals surface area contributed by atoms with Gasteiger partial charge in [-0.2, -0.15) is 4.49 Å². The third kappa shape index (κ3) is 4.79. The molecule has 0 heterocycles. The molecule has 0 fully saturated rings. The summed E-state index contributed by atoms with van der Waals surface area (Å²) < 4.78 is 2.70. The van der Waals surface area contributed by atoms with Gasteiger partial charge in [0.2, 0.25) is 0 Å². The second-order valence-electron chi connectivity index (χ2n) is 0.327. The molecule has 0 aromatic carbocycles. The average molecular weight is 127 g/mol. The summed E-state index contributed by atoms with van der Waals surface area (Å²) in [5.41, 5.74) is 0. The van der Waals surface area contributed by atoms with Crippen molar-refractivity contribution in [1.29, 1.82) is 0 Å². The minimum atomic E-state index is 0.764. The molecule has 2 nitrogen and oxygen atoms in total. The maximum absolute atomic E-state index is 4.45. The molecule has 0 radical (unpaired) electrons. The van der Waals surface area contributed by atoms with Gasteiger partial charge in [0.1, 0.15) is 0 Å². The van der Waals surface area contributed by atoms with Gasteiger partial charge in [-0.1, -0.05) is 0 Å². The molecule has 0 bridgehead atoms. The predicted octanol–water partition coefficient (Wildman–Crippen LogP) is -0.296. The van der Waals surface area contributed by atoms with Crippen LogP contribution in [-0.2, 0) is 11.8 Å². The minimum Gasteiger partial charge on any atom is -0.281 e. The van der Waals surface area contributed by atoms with Crippen LogP contribution in [0.25, 0.3) is 0 Å². The van der Waals surface area contributed by atoms with Gasteiger partial charge in [0, 0.05) is 0 Å². The standard InChI is InChI=1S/H3N2PS2/c1-5-2-3-4/h1H2,(H,2,4)/p+1. The van der Waals surface area contributed by atoms with Gasteiger partial charge in [0.05, 0.1) is 7.51 Å². The van der Waals surface area contributed by atoms with Crippen LogP contribution in [0.4, 0.5) is 0 Å². The molecular formula is H4N2PS2+. The molecule has 0 amide bonds. The Morgan fingerprint density at radius 3 is 2.60 bits per heavy atom. The summed E-state index contributed by atoms with van der Waals surface area (Å²) in [6, 6.07) is 0. The van der Waals surface area contributed by atoms with Gasteiger partial charge >= 0.3 is 0 Å². The predicted molar refractivity (Wildman–Crippen MR) is 27.9 cm³/mol. The van der Waals surface area contributed by atoms with Gasteiger partial charge in [-0.05, 0) is 11.8 Å². The van der Waals surface area contributed by atoms with Gasteiger partial charge in [0.25, 0.3) is 0 Å². The van der Waals surface area contributed by atoms with Crippen molar-refractivity contribution < 1.29 is 5.14 Å². The molecule has 0 aliphatic carbocycles. The molecule has 0 aliphatic heterocycles. The van der Waals surface area contributed by atoms with Crippen LogP contribution in [0.2, 0.25) is 0 Å². The molecule has 0 rings (SSSR count). The van der Waals surface area contributed by atoms with E-state index in [4.69, 9.17) is 0 Å². The van der Waals surface area contributed by atoms with Crippen LogP contribution < -0.4 is 9.63 Å². The van der Waals surface area contributed by atoms with E-state index in [1.54, 1.807) is 0 Å². The van der Waals surface area contributed by atoms with Gasteiger partial charge in [-0.3, -0.25) is 5.14 Å². The summed E-state index contributed by atoms with van der Waals surface area (Å²) in [6.45, 7) is 0. The van der Waals surface area contributed by atoms with E-state index in [9.17, 15) is 0 Å². The Morgan fingerprint density at radius 1 is 2.00 bits per heavy atom. The Bertz CT molecular complexity index is 28.8. The fourth-order valence-corrected chi connectivity index (χ4v) is 0.712. The molecule has 0 aliphatic rings. The lowest BCUT2D eigenvalue weighted by Crippen LogP contribution is -2.39. The number of nitrogens with one attached hydrogen (secondary N) is 1. The maximum Gasteiger partial charge on any atom is 0.170 e. The van der Waals surface area contributed by atoms with Gasteiger partial charge in [-0.15, -0.1) is 0 Å². The quantitative estimate of drug-likeness (QED) is 0.395. The first-order valence-electron chi connectivity index (χ1n) is 0.899. The third-order valence-corrected chi connectivity index (χ3v) is 1.59. The SMILES string of the molecule is [NH3+]SNP=S. The number of rotatable bonds is 2. The molecule has 4 N–H and O–H groups in total. The van der Waals surface area contributed by atoms with E-state index in [2.05, 4.69) is 21.4 Å². The van der Waals surface area contributed by atoms with Crippen molar-refractivity contribution in [3.8, 4) is 0 Å². The van der Waals surface area contributed by atoms with Crippen LogP contribution in [0.15, 0.2) is 0 Å². The molecule has 0 saturated heterocycles. The first-order chi connectivity index (χ1) is 2.41. The zero-order valence-corrected chi connectivity index (χ0v) is 5.00. The molecule has 0 atom stereocenters. The van der Waals surface area contributed by atoms with Crippen molar-refractivity contribution >= 4 is 31.4 Å². The van der Waals surface area contributed by atoms with Crippen LogP contribution in [0.5, 0.6) is 0 Å². The van der Waals surface area contributed by atoms with Crippen molar-refractivity contribution in [2.24, 2.45) is 0 Å². The maximum atomic E-state index is 4.45. The Morgan fingerprint density at radius 2 is 2.60 bits per heavy atom. The summed E-state index contributed by atoms with van der Waals surface area (Å²) >= 11 is 5.74. The van der Waals surface area contributed by atoms with Crippen molar-refractivity contribution in [2.45, 2.75) is 0 Å². The number of hydrogen-bond acceptors (Lipinski definition) is 2. The van der Waals surface area contributed by atoms with E-state index in [1.807, 2.05) is 0 Å². The highest BCUT2D eigenvalue weighted by Gasteiger charge is 1.66. The lowest BCUT2D eigenvalue weighted by molar-refractivity contribution is -0.137. The minimum absolute atomic E-state index is 0.764. The summed E-state index contributed by atoms with van der Waals surface area (Å²) in [5.74, 6) is 0. The summed E-state index contributed by atoms with van der Waals surface area (Å²) in [6.07, 6.45) is 0. The molecule has 0 aromatic rings. The van der Waals surface area contributed by atoms with Crippen molar-refractivity contribution in [3.05, 3.63) is 0 Å². The molecule has 5 heteroatoms. The topological polar surface area (TPSA) is 39.7 Å². The Balaban J connectivity index is 2.40. The summed E-state index contributed by atoms with van der Waals surface area (Å²) in [7, 11) is 0.764. The van der Waals surface area contributed by atoms with Crippen LogP contribution in [0, 0.1) is 0 Å². The van der Waals surface area contributed by atoms with E-state index >= 15 is 0 Å². The molecule has 0 aromatic heterocycles. The lowest BCUT2D eigenvalue weighted by Gasteiger charge is -1.70. The Hall–Kier alpha value is 0.790. The first kappa shape index (κ1) is 5.79. The Labute approximate surface area is 41.7 Å². The average Bonchev–Trinajstić information content (AvgIpc) is 1.41. The van der Waals surface area contributed by atoms with Crippen LogP contribution in [0.3, 0.4) is 0 Å². The summed E-state index contributed by atoms with van der Waals surface area (Å²) in [5, 5.41) is 3.41. The molecule has 30 valence electrons. The second-order valence-corrected chi connectivity index (χ2v) is 2.08. The fourth-order valence-electron chi connectivity index (χ4n) is 0.0264. The van der Waals surface area contributed by atoms with Crippen molar-refractivity contribution in [1.82, 2.24) is 4.49 Å². The van der Waals surface area contributed by atoms with Crippen LogP contribution in [0.1, 0.15) is 0 Å². The largest absolute Gasteiger partial charge is 0.281 e. The number of quaternary nitrogens is 1. The van der Waals surface area contributed by atoms with E-state index in [1.165, 1.54) is 12.1 Å². The third-order valence-electron chi connectivity index (χ3n) is 0.102. The normalized spacial score (nSPS) is 9.00. The molecular weight excluding hydrogens is 123 g/mol. The zero-order valence-electron chi connectivity index (χ0n) is 2.47. The van der Waals surface area contributed by atoms with E-state index in [0.29, 0.717) is 0 Å². The van der Waals surface area contributed by atoms with Crippen molar-refractivity contribution in [3.63, 3.8) is 0 Å². The number of hydrogen-bond donors (Lipinski definition) is 2. The monoisotopic (exact) mass is 127 g/mol. The molecule has 0 unspecified atom stereocenters.